The van der Waals surface area contributed by atoms with Crippen molar-refractivity contribution in [1.82, 2.24) is 0 Å². The molecular formula is C9H10O4. The minimum atomic E-state index is -1.09. The molecule has 0 unspecified atom stereocenters. The molecule has 0 aliphatic rings. The normalized spacial score (nSPS) is 9.92. The molecule has 70 valence electrons. The van der Waals surface area contributed by atoms with Gasteiger partial charge in [0.15, 0.2) is 0 Å². The van der Waals surface area contributed by atoms with Crippen molar-refractivity contribution in [2.75, 3.05) is 0 Å². The lowest BCUT2D eigenvalue weighted by molar-refractivity contribution is 0.0691. The molecule has 0 saturated heterocycles. The van der Waals surface area contributed by atoms with Crippen LogP contribution in [0.25, 0.3) is 0 Å². The summed E-state index contributed by atoms with van der Waals surface area (Å²) in [6, 6.07) is 0. The van der Waals surface area contributed by atoms with Gasteiger partial charge in [0.05, 0.1) is 12.9 Å². The molecule has 1 rings (SSSR count). The van der Waals surface area contributed by atoms with Gasteiger partial charge in [0.25, 0.3) is 0 Å². The van der Waals surface area contributed by atoms with Crippen LogP contribution in [0.15, 0.2) is 23.3 Å². The molecule has 0 bridgehead atoms. The van der Waals surface area contributed by atoms with Gasteiger partial charge in [-0.1, -0.05) is 6.08 Å². The summed E-state index contributed by atoms with van der Waals surface area (Å²) in [6.45, 7) is 3.14. The first-order chi connectivity index (χ1) is 6.20. The number of hydrogen-bond acceptors (Lipinski definition) is 3. The number of hydrogen-bond donors (Lipinski definition) is 2. The van der Waals surface area contributed by atoms with E-state index in [-0.39, 0.29) is 12.2 Å². The summed E-state index contributed by atoms with van der Waals surface area (Å²) < 4.78 is 4.98. The van der Waals surface area contributed by atoms with Crippen LogP contribution in [0.4, 0.5) is 0 Å². The Morgan fingerprint density at radius 3 is 2.85 bits per heavy atom. The maximum atomic E-state index is 10.7. The summed E-state index contributed by atoms with van der Waals surface area (Å²) in [5, 5.41) is 17.6. The highest BCUT2D eigenvalue weighted by Gasteiger charge is 2.18. The van der Waals surface area contributed by atoms with Gasteiger partial charge in [0, 0.05) is 12.0 Å². The maximum absolute atomic E-state index is 10.7. The van der Waals surface area contributed by atoms with Crippen LogP contribution in [0.3, 0.4) is 0 Å². The summed E-state index contributed by atoms with van der Waals surface area (Å²) in [6.07, 6.45) is 3.15. The Kier molecular flexibility index (Phi) is 2.87. The first-order valence-corrected chi connectivity index (χ1v) is 3.75. The molecule has 0 aliphatic heterocycles. The molecule has 13 heavy (non-hydrogen) atoms. The molecule has 0 spiro atoms. The van der Waals surface area contributed by atoms with Crippen LogP contribution < -0.4 is 0 Å². The molecule has 0 saturated carbocycles. The number of allylic oxidation sites excluding steroid dienone is 1. The Bertz CT molecular complexity index is 324. The monoisotopic (exact) mass is 182 g/mol. The number of rotatable bonds is 4. The van der Waals surface area contributed by atoms with E-state index < -0.39 is 5.97 Å². The fraction of sp³-hybridized carbons (Fsp3) is 0.222. The van der Waals surface area contributed by atoms with E-state index >= 15 is 0 Å². The second-order valence-corrected chi connectivity index (χ2v) is 2.52. The van der Waals surface area contributed by atoms with Crippen molar-refractivity contribution in [2.24, 2.45) is 0 Å². The van der Waals surface area contributed by atoms with Gasteiger partial charge in [-0.25, -0.2) is 4.79 Å². The Labute approximate surface area is 75.1 Å². The molecule has 0 radical (unpaired) electrons. The van der Waals surface area contributed by atoms with Crippen molar-refractivity contribution in [3.05, 3.63) is 35.8 Å². The summed E-state index contributed by atoms with van der Waals surface area (Å²) >= 11 is 0. The molecule has 0 atom stereocenters. The van der Waals surface area contributed by atoms with E-state index in [9.17, 15) is 4.79 Å². The Morgan fingerprint density at radius 2 is 2.38 bits per heavy atom. The van der Waals surface area contributed by atoms with Crippen molar-refractivity contribution in [3.63, 3.8) is 0 Å². The second kappa shape index (κ2) is 3.91. The van der Waals surface area contributed by atoms with E-state index in [1.54, 1.807) is 6.08 Å². The lowest BCUT2D eigenvalue weighted by Gasteiger charge is -1.95. The van der Waals surface area contributed by atoms with E-state index in [4.69, 9.17) is 14.6 Å². The highest BCUT2D eigenvalue weighted by atomic mass is 16.4. The van der Waals surface area contributed by atoms with Crippen LogP contribution in [0, 0.1) is 0 Å². The zero-order chi connectivity index (χ0) is 9.84. The smallest absolute Gasteiger partial charge is 0.339 e. The summed E-state index contributed by atoms with van der Waals surface area (Å²) in [4.78, 5) is 10.7. The molecule has 0 aliphatic carbocycles. The van der Waals surface area contributed by atoms with Gasteiger partial charge in [-0.3, -0.25) is 0 Å². The number of carbonyl (C=O) groups is 1. The molecule has 0 fully saturated rings. The number of furan rings is 1. The zero-order valence-corrected chi connectivity index (χ0v) is 6.99. The molecule has 1 aromatic heterocycles. The van der Waals surface area contributed by atoms with Crippen LogP contribution >= 0.6 is 0 Å². The third-order valence-electron chi connectivity index (χ3n) is 1.66. The molecule has 0 amide bonds. The summed E-state index contributed by atoms with van der Waals surface area (Å²) in [5.41, 5.74) is 0.340. The average molecular weight is 182 g/mol. The van der Waals surface area contributed by atoms with Crippen LogP contribution in [0.2, 0.25) is 0 Å². The average Bonchev–Trinajstić information content (AvgIpc) is 2.48. The molecule has 2 N–H and O–H groups in total. The first kappa shape index (κ1) is 9.54. The fourth-order valence-corrected chi connectivity index (χ4v) is 1.09. The zero-order valence-electron chi connectivity index (χ0n) is 6.99. The van der Waals surface area contributed by atoms with E-state index in [0.717, 1.165) is 0 Å². The molecule has 1 heterocycles. The SMILES string of the molecule is C=CCc1occ(CO)c1C(=O)O. The number of aliphatic hydroxyl groups is 1. The van der Waals surface area contributed by atoms with Crippen molar-refractivity contribution in [2.45, 2.75) is 13.0 Å². The van der Waals surface area contributed by atoms with Crippen molar-refractivity contribution in [1.29, 1.82) is 0 Å². The Hall–Kier alpha value is -1.55. The summed E-state index contributed by atoms with van der Waals surface area (Å²) in [7, 11) is 0. The Morgan fingerprint density at radius 1 is 1.69 bits per heavy atom. The number of carboxylic acid groups (broad SMARTS) is 1. The van der Waals surface area contributed by atoms with Gasteiger partial charge in [-0.15, -0.1) is 6.58 Å². The van der Waals surface area contributed by atoms with Crippen molar-refractivity contribution < 1.29 is 19.4 Å². The van der Waals surface area contributed by atoms with E-state index in [1.165, 1.54) is 6.26 Å². The van der Waals surface area contributed by atoms with Gasteiger partial charge in [-0.05, 0) is 0 Å². The van der Waals surface area contributed by atoms with Gasteiger partial charge in [-0.2, -0.15) is 0 Å². The number of aliphatic hydroxyl groups excluding tert-OH is 1. The fourth-order valence-electron chi connectivity index (χ4n) is 1.09. The standard InChI is InChI=1S/C9H10O4/c1-2-3-7-8(9(11)12)6(4-10)5-13-7/h2,5,10H,1,3-4H2,(H,11,12). The van der Waals surface area contributed by atoms with Crippen LogP contribution in [-0.4, -0.2) is 16.2 Å². The lowest BCUT2D eigenvalue weighted by Crippen LogP contribution is -2.02. The molecule has 1 aromatic rings. The maximum Gasteiger partial charge on any atom is 0.339 e. The Balaban J connectivity index is 3.13. The van der Waals surface area contributed by atoms with Crippen LogP contribution in [0.1, 0.15) is 21.7 Å². The van der Waals surface area contributed by atoms with Gasteiger partial charge >= 0.3 is 5.97 Å². The van der Waals surface area contributed by atoms with Gasteiger partial charge in [0.2, 0.25) is 0 Å². The first-order valence-electron chi connectivity index (χ1n) is 3.75. The predicted octanol–water partition coefficient (Wildman–Crippen LogP) is 1.20. The van der Waals surface area contributed by atoms with E-state index in [2.05, 4.69) is 6.58 Å². The minimum absolute atomic E-state index is 0.0439. The topological polar surface area (TPSA) is 70.7 Å². The predicted molar refractivity (Wildman–Crippen MR) is 45.5 cm³/mol. The molecule has 0 aromatic carbocycles. The third kappa shape index (κ3) is 1.78. The van der Waals surface area contributed by atoms with E-state index in [0.29, 0.717) is 17.7 Å². The van der Waals surface area contributed by atoms with E-state index in [1.807, 2.05) is 0 Å². The van der Waals surface area contributed by atoms with Crippen LogP contribution in [-0.2, 0) is 13.0 Å². The minimum Gasteiger partial charge on any atom is -0.478 e. The highest BCUT2D eigenvalue weighted by molar-refractivity contribution is 5.90. The third-order valence-corrected chi connectivity index (χ3v) is 1.66. The summed E-state index contributed by atoms with van der Waals surface area (Å²) in [5.74, 6) is -0.763. The second-order valence-electron chi connectivity index (χ2n) is 2.52. The van der Waals surface area contributed by atoms with Crippen LogP contribution in [0.5, 0.6) is 0 Å². The number of carboxylic acids is 1. The molecule has 4 nitrogen and oxygen atoms in total. The van der Waals surface area contributed by atoms with Gasteiger partial charge in [0.1, 0.15) is 11.3 Å². The highest BCUT2D eigenvalue weighted by Crippen LogP contribution is 2.18. The van der Waals surface area contributed by atoms with Gasteiger partial charge < -0.3 is 14.6 Å². The lowest BCUT2D eigenvalue weighted by atomic mass is 10.1. The largest absolute Gasteiger partial charge is 0.478 e. The van der Waals surface area contributed by atoms with Crippen molar-refractivity contribution >= 4 is 5.97 Å². The quantitative estimate of drug-likeness (QED) is 0.686. The molecule has 4 heteroatoms. The molecular weight excluding hydrogens is 172 g/mol. The number of aromatic carboxylic acids is 1. The van der Waals surface area contributed by atoms with Crippen molar-refractivity contribution in [3.8, 4) is 0 Å².